The summed E-state index contributed by atoms with van der Waals surface area (Å²) < 4.78 is 29.2. The van der Waals surface area contributed by atoms with Crippen LogP contribution in [-0.4, -0.2) is 15.5 Å². The van der Waals surface area contributed by atoms with Crippen LogP contribution < -0.4 is 4.74 Å². The van der Waals surface area contributed by atoms with Crippen molar-refractivity contribution in [3.63, 3.8) is 0 Å². The Kier molecular flexibility index (Phi) is 4.02. The Balaban J connectivity index is 2.25. The summed E-state index contributed by atoms with van der Waals surface area (Å²) in [6.45, 7) is 0. The smallest absolute Gasteiger partial charge is 0.199 e. The van der Waals surface area contributed by atoms with Crippen molar-refractivity contribution in [2.24, 2.45) is 0 Å². The summed E-state index contributed by atoms with van der Waals surface area (Å²) in [6.07, 6.45) is 1.58. The second kappa shape index (κ2) is 5.71. The fourth-order valence-electron chi connectivity index (χ4n) is 1.58. The topological polar surface area (TPSA) is 43.4 Å². The molecule has 2 aromatic carbocycles. The van der Waals surface area contributed by atoms with Crippen LogP contribution >= 0.6 is 0 Å². The van der Waals surface area contributed by atoms with Crippen LogP contribution in [0.2, 0.25) is 0 Å². The zero-order valence-corrected chi connectivity index (χ0v) is 11.3. The van der Waals surface area contributed by atoms with Gasteiger partial charge in [-0.3, -0.25) is 0 Å². The van der Waals surface area contributed by atoms with Crippen LogP contribution in [0.15, 0.2) is 64.9 Å². The van der Waals surface area contributed by atoms with Crippen molar-refractivity contribution >= 4 is 15.9 Å². The molecule has 0 fully saturated rings. The molecule has 0 spiro atoms. The first-order valence-electron chi connectivity index (χ1n) is 5.74. The van der Waals surface area contributed by atoms with Gasteiger partial charge in [-0.1, -0.05) is 30.3 Å². The Morgan fingerprint density at radius 2 is 1.58 bits per heavy atom. The van der Waals surface area contributed by atoms with Crippen LogP contribution in [0.3, 0.4) is 0 Å². The van der Waals surface area contributed by atoms with Gasteiger partial charge in [-0.05, 0) is 35.9 Å². The Morgan fingerprint density at radius 3 is 2.16 bits per heavy atom. The number of sulfone groups is 1. The van der Waals surface area contributed by atoms with Gasteiger partial charge in [0.15, 0.2) is 9.84 Å². The van der Waals surface area contributed by atoms with Crippen molar-refractivity contribution < 1.29 is 13.2 Å². The van der Waals surface area contributed by atoms with E-state index in [-0.39, 0.29) is 4.90 Å². The van der Waals surface area contributed by atoms with Gasteiger partial charge in [0.05, 0.1) is 12.0 Å². The SMILES string of the molecule is COc1ccc(S(=O)(=O)C=Cc2ccccc2)cc1. The van der Waals surface area contributed by atoms with Gasteiger partial charge < -0.3 is 4.74 Å². The van der Waals surface area contributed by atoms with Crippen LogP contribution in [0.1, 0.15) is 5.56 Å². The highest BCUT2D eigenvalue weighted by Crippen LogP contribution is 2.18. The first-order valence-corrected chi connectivity index (χ1v) is 7.29. The Bertz CT molecular complexity index is 656. The van der Waals surface area contributed by atoms with E-state index < -0.39 is 9.84 Å². The monoisotopic (exact) mass is 274 g/mol. The lowest BCUT2D eigenvalue weighted by molar-refractivity contribution is 0.414. The predicted molar refractivity (Wildman–Crippen MR) is 75.7 cm³/mol. The third-order valence-electron chi connectivity index (χ3n) is 2.63. The number of hydrogen-bond donors (Lipinski definition) is 0. The summed E-state index contributed by atoms with van der Waals surface area (Å²) in [7, 11) is -1.88. The number of methoxy groups -OCH3 is 1. The molecule has 0 amide bonds. The fraction of sp³-hybridized carbons (Fsp3) is 0.0667. The van der Waals surface area contributed by atoms with E-state index >= 15 is 0 Å². The minimum Gasteiger partial charge on any atom is -0.497 e. The lowest BCUT2D eigenvalue weighted by Crippen LogP contribution is -1.96. The van der Waals surface area contributed by atoms with E-state index in [9.17, 15) is 8.42 Å². The second-order valence-corrected chi connectivity index (χ2v) is 5.77. The predicted octanol–water partition coefficient (Wildman–Crippen LogP) is 3.14. The van der Waals surface area contributed by atoms with Gasteiger partial charge in [-0.15, -0.1) is 0 Å². The molecule has 0 atom stereocenters. The molecule has 0 saturated heterocycles. The lowest BCUT2D eigenvalue weighted by atomic mass is 10.2. The van der Waals surface area contributed by atoms with Crippen molar-refractivity contribution in [3.8, 4) is 5.75 Å². The van der Waals surface area contributed by atoms with Crippen LogP contribution in [0.25, 0.3) is 6.08 Å². The maximum absolute atomic E-state index is 12.1. The van der Waals surface area contributed by atoms with E-state index in [0.29, 0.717) is 5.75 Å². The normalized spacial score (nSPS) is 11.6. The Labute approximate surface area is 113 Å². The number of ether oxygens (including phenoxy) is 1. The molecule has 98 valence electrons. The second-order valence-electron chi connectivity index (χ2n) is 3.93. The lowest BCUT2D eigenvalue weighted by Gasteiger charge is -2.01. The highest BCUT2D eigenvalue weighted by atomic mass is 32.2. The van der Waals surface area contributed by atoms with Crippen LogP contribution in [0, 0.1) is 0 Å². The van der Waals surface area contributed by atoms with E-state index in [1.807, 2.05) is 30.3 Å². The summed E-state index contributed by atoms with van der Waals surface area (Å²) in [4.78, 5) is 0.250. The number of benzene rings is 2. The van der Waals surface area contributed by atoms with Gasteiger partial charge in [0.1, 0.15) is 5.75 Å². The van der Waals surface area contributed by atoms with E-state index in [2.05, 4.69) is 0 Å². The molecule has 0 aromatic heterocycles. The first kappa shape index (κ1) is 13.4. The van der Waals surface area contributed by atoms with E-state index in [4.69, 9.17) is 4.74 Å². The highest BCUT2D eigenvalue weighted by Gasteiger charge is 2.09. The van der Waals surface area contributed by atoms with Crippen molar-refractivity contribution in [1.82, 2.24) is 0 Å². The molecule has 0 aliphatic heterocycles. The molecule has 19 heavy (non-hydrogen) atoms. The molecule has 0 N–H and O–H groups in total. The molecule has 0 unspecified atom stereocenters. The molecule has 2 rings (SSSR count). The number of rotatable bonds is 4. The van der Waals surface area contributed by atoms with Crippen molar-refractivity contribution in [1.29, 1.82) is 0 Å². The molecule has 4 heteroatoms. The van der Waals surface area contributed by atoms with Crippen LogP contribution in [-0.2, 0) is 9.84 Å². The molecule has 2 aromatic rings. The molecule has 0 aliphatic carbocycles. The fourth-order valence-corrected chi connectivity index (χ4v) is 2.59. The van der Waals surface area contributed by atoms with Gasteiger partial charge in [0.2, 0.25) is 0 Å². The third-order valence-corrected chi connectivity index (χ3v) is 4.05. The summed E-state index contributed by atoms with van der Waals surface area (Å²) in [6, 6.07) is 15.6. The largest absolute Gasteiger partial charge is 0.497 e. The average molecular weight is 274 g/mol. The minimum atomic E-state index is -3.42. The standard InChI is InChI=1S/C15H14O3S/c1-18-14-7-9-15(10-8-14)19(16,17)12-11-13-5-3-2-4-6-13/h2-12H,1H3. The van der Waals surface area contributed by atoms with E-state index in [0.717, 1.165) is 5.56 Å². The summed E-state index contributed by atoms with van der Waals surface area (Å²) in [5.74, 6) is 0.631. The van der Waals surface area contributed by atoms with Crippen molar-refractivity contribution in [2.45, 2.75) is 4.90 Å². The molecule has 0 aliphatic rings. The molecule has 0 heterocycles. The molecule has 0 bridgehead atoms. The van der Waals surface area contributed by atoms with E-state index in [1.54, 1.807) is 25.3 Å². The van der Waals surface area contributed by atoms with Gasteiger partial charge >= 0.3 is 0 Å². The van der Waals surface area contributed by atoms with Gasteiger partial charge in [0.25, 0.3) is 0 Å². The van der Waals surface area contributed by atoms with Gasteiger partial charge in [-0.2, -0.15) is 0 Å². The quantitative estimate of drug-likeness (QED) is 0.860. The summed E-state index contributed by atoms with van der Waals surface area (Å²) in [5, 5.41) is 1.21. The zero-order chi connectivity index (χ0) is 13.7. The summed E-state index contributed by atoms with van der Waals surface area (Å²) in [5.41, 5.74) is 0.847. The van der Waals surface area contributed by atoms with Crippen molar-refractivity contribution in [3.05, 3.63) is 65.6 Å². The third kappa shape index (κ3) is 3.45. The first-order chi connectivity index (χ1) is 9.12. The Morgan fingerprint density at radius 1 is 0.947 bits per heavy atom. The van der Waals surface area contributed by atoms with Crippen LogP contribution in [0.4, 0.5) is 0 Å². The molecule has 3 nitrogen and oxygen atoms in total. The van der Waals surface area contributed by atoms with E-state index in [1.165, 1.54) is 17.5 Å². The van der Waals surface area contributed by atoms with Gasteiger partial charge in [-0.25, -0.2) is 8.42 Å². The molecular formula is C15H14O3S. The molecular weight excluding hydrogens is 260 g/mol. The van der Waals surface area contributed by atoms with Gasteiger partial charge in [0, 0.05) is 5.41 Å². The minimum absolute atomic E-state index is 0.250. The average Bonchev–Trinajstić information content (AvgIpc) is 2.46. The molecule has 0 saturated carbocycles. The van der Waals surface area contributed by atoms with Crippen molar-refractivity contribution in [2.75, 3.05) is 7.11 Å². The number of hydrogen-bond acceptors (Lipinski definition) is 3. The van der Waals surface area contributed by atoms with Crippen LogP contribution in [0.5, 0.6) is 5.75 Å². The zero-order valence-electron chi connectivity index (χ0n) is 10.5. The highest BCUT2D eigenvalue weighted by molar-refractivity contribution is 7.94. The molecule has 0 radical (unpaired) electrons. The Hall–Kier alpha value is -2.07. The maximum atomic E-state index is 12.1. The maximum Gasteiger partial charge on any atom is 0.199 e. The summed E-state index contributed by atoms with van der Waals surface area (Å²) >= 11 is 0.